The number of fused-ring (bicyclic) bond motifs is 1. The van der Waals surface area contributed by atoms with Crippen LogP contribution in [0.15, 0.2) is 115 Å². The van der Waals surface area contributed by atoms with Gasteiger partial charge in [0.2, 0.25) is 0 Å². The molecule has 3 aromatic rings. The van der Waals surface area contributed by atoms with Crippen LogP contribution in [0.2, 0.25) is 0 Å². The van der Waals surface area contributed by atoms with Crippen molar-refractivity contribution in [3.05, 3.63) is 138 Å². The van der Waals surface area contributed by atoms with Crippen LogP contribution in [0, 0.1) is 0 Å². The van der Waals surface area contributed by atoms with Crippen LogP contribution in [0.3, 0.4) is 0 Å². The van der Waals surface area contributed by atoms with E-state index >= 15 is 0 Å². The number of hydrogen-bond acceptors (Lipinski definition) is 0. The fraction of sp³-hybridized carbons (Fsp3) is 0.0769. The van der Waals surface area contributed by atoms with Crippen LogP contribution < -0.4 is 0 Å². The van der Waals surface area contributed by atoms with E-state index in [0.717, 1.165) is 0 Å². The summed E-state index contributed by atoms with van der Waals surface area (Å²) in [5, 5.41) is 0. The van der Waals surface area contributed by atoms with Gasteiger partial charge in [-0.3, -0.25) is 0 Å². The molecule has 4 rings (SSSR count). The van der Waals surface area contributed by atoms with Crippen LogP contribution in [0.1, 0.15) is 29.2 Å². The summed E-state index contributed by atoms with van der Waals surface area (Å²) in [6.45, 7) is 6.09. The molecule has 0 atom stereocenters. The highest BCUT2D eigenvalue weighted by Gasteiger charge is 2.47. The standard InChI is InChI=1S/C26H22/c1-3-13-22-23-18-11-12-19-25(23)26(24(22)4-2,20-14-7-5-8-15-20)21-16-9-6-10-17-21/h3-19H,1H2,2H3/b22-13-,24-4+. The molecule has 126 valence electrons. The Kier molecular flexibility index (Phi) is 4.18. The summed E-state index contributed by atoms with van der Waals surface area (Å²) in [6.07, 6.45) is 6.29. The SMILES string of the molecule is C=C/C=C1\C(=C/C)C(c2ccccc2)(c2ccccc2)c2ccccc21. The Morgan fingerprint density at radius 1 is 0.731 bits per heavy atom. The second-order valence-electron chi connectivity index (χ2n) is 6.55. The van der Waals surface area contributed by atoms with Crippen LogP contribution in [0.4, 0.5) is 0 Å². The summed E-state index contributed by atoms with van der Waals surface area (Å²) in [5.41, 5.74) is 7.47. The summed E-state index contributed by atoms with van der Waals surface area (Å²) >= 11 is 0. The van der Waals surface area contributed by atoms with Gasteiger partial charge in [0.25, 0.3) is 0 Å². The lowest BCUT2D eigenvalue weighted by atomic mass is 9.67. The first kappa shape index (κ1) is 16.4. The Balaban J connectivity index is 2.18. The third-order valence-electron chi connectivity index (χ3n) is 5.30. The molecule has 0 heterocycles. The third kappa shape index (κ3) is 2.23. The van der Waals surface area contributed by atoms with Crippen molar-refractivity contribution in [1.29, 1.82) is 0 Å². The molecule has 0 spiro atoms. The van der Waals surface area contributed by atoms with Crippen LogP contribution in [-0.4, -0.2) is 0 Å². The highest BCUT2D eigenvalue weighted by atomic mass is 14.5. The minimum atomic E-state index is -0.303. The van der Waals surface area contributed by atoms with Gasteiger partial charge in [0.15, 0.2) is 0 Å². The van der Waals surface area contributed by atoms with Gasteiger partial charge >= 0.3 is 0 Å². The van der Waals surface area contributed by atoms with E-state index in [9.17, 15) is 0 Å². The zero-order valence-electron chi connectivity index (χ0n) is 15.0. The maximum absolute atomic E-state index is 3.96. The zero-order chi connectivity index (χ0) is 18.0. The maximum Gasteiger partial charge on any atom is 0.0710 e. The molecule has 0 fully saturated rings. The first-order valence-corrected chi connectivity index (χ1v) is 9.04. The van der Waals surface area contributed by atoms with Crippen molar-refractivity contribution in [1.82, 2.24) is 0 Å². The first-order chi connectivity index (χ1) is 12.8. The van der Waals surface area contributed by atoms with Crippen molar-refractivity contribution in [2.24, 2.45) is 0 Å². The van der Waals surface area contributed by atoms with Gasteiger partial charge in [-0.1, -0.05) is 110 Å². The van der Waals surface area contributed by atoms with Gasteiger partial charge in [0.05, 0.1) is 5.41 Å². The zero-order valence-corrected chi connectivity index (χ0v) is 15.0. The van der Waals surface area contributed by atoms with Gasteiger partial charge in [-0.15, -0.1) is 0 Å². The molecule has 0 saturated carbocycles. The van der Waals surface area contributed by atoms with Gasteiger partial charge in [-0.25, -0.2) is 0 Å². The van der Waals surface area contributed by atoms with E-state index in [-0.39, 0.29) is 5.41 Å². The van der Waals surface area contributed by atoms with Gasteiger partial charge in [0.1, 0.15) is 0 Å². The quantitative estimate of drug-likeness (QED) is 0.509. The van der Waals surface area contributed by atoms with Crippen LogP contribution in [-0.2, 0) is 5.41 Å². The Bertz CT molecular complexity index is 949. The van der Waals surface area contributed by atoms with E-state index in [1.165, 1.54) is 33.4 Å². The highest BCUT2D eigenvalue weighted by Crippen LogP contribution is 2.56. The lowest BCUT2D eigenvalue weighted by molar-refractivity contribution is 0.767. The number of benzene rings is 3. The van der Waals surface area contributed by atoms with Crippen molar-refractivity contribution >= 4 is 5.57 Å². The number of hydrogen-bond donors (Lipinski definition) is 0. The summed E-state index contributed by atoms with van der Waals surface area (Å²) in [6, 6.07) is 30.4. The molecule has 1 aliphatic rings. The molecule has 0 bridgehead atoms. The lowest BCUT2D eigenvalue weighted by Crippen LogP contribution is -2.28. The average molecular weight is 334 g/mol. The van der Waals surface area contributed by atoms with E-state index in [1.807, 2.05) is 6.08 Å². The van der Waals surface area contributed by atoms with Crippen LogP contribution in [0.25, 0.3) is 5.57 Å². The molecule has 0 radical (unpaired) electrons. The molecule has 0 saturated heterocycles. The van der Waals surface area contributed by atoms with Gasteiger partial charge < -0.3 is 0 Å². The lowest BCUT2D eigenvalue weighted by Gasteiger charge is -2.34. The monoisotopic (exact) mass is 334 g/mol. The molecular weight excluding hydrogens is 312 g/mol. The number of allylic oxidation sites excluding steroid dienone is 5. The summed E-state index contributed by atoms with van der Waals surface area (Å²) < 4.78 is 0. The molecule has 0 unspecified atom stereocenters. The molecule has 0 heteroatoms. The van der Waals surface area contributed by atoms with Gasteiger partial charge in [-0.05, 0) is 40.3 Å². The molecule has 3 aromatic carbocycles. The number of rotatable bonds is 3. The van der Waals surface area contributed by atoms with E-state index in [4.69, 9.17) is 0 Å². The Hall–Kier alpha value is -3.12. The predicted molar refractivity (Wildman–Crippen MR) is 111 cm³/mol. The summed E-state index contributed by atoms with van der Waals surface area (Å²) in [4.78, 5) is 0. The van der Waals surface area contributed by atoms with E-state index in [1.54, 1.807) is 0 Å². The van der Waals surface area contributed by atoms with Crippen molar-refractivity contribution < 1.29 is 0 Å². The van der Waals surface area contributed by atoms with Crippen molar-refractivity contribution in [3.8, 4) is 0 Å². The molecule has 1 aliphatic carbocycles. The summed E-state index contributed by atoms with van der Waals surface area (Å²) in [7, 11) is 0. The van der Waals surface area contributed by atoms with Crippen molar-refractivity contribution in [2.45, 2.75) is 12.3 Å². The largest absolute Gasteiger partial charge is 0.0990 e. The highest BCUT2D eigenvalue weighted by molar-refractivity contribution is 5.94. The molecule has 26 heavy (non-hydrogen) atoms. The minimum Gasteiger partial charge on any atom is -0.0990 e. The van der Waals surface area contributed by atoms with Gasteiger partial charge in [-0.2, -0.15) is 0 Å². The Morgan fingerprint density at radius 3 is 1.81 bits per heavy atom. The Labute approximate surface area is 155 Å². The van der Waals surface area contributed by atoms with E-state index in [2.05, 4.69) is 111 Å². The molecule has 0 nitrogen and oxygen atoms in total. The molecule has 0 aromatic heterocycles. The topological polar surface area (TPSA) is 0 Å². The second kappa shape index (κ2) is 6.65. The fourth-order valence-corrected chi connectivity index (χ4v) is 4.37. The minimum absolute atomic E-state index is 0.303. The molecular formula is C26H22. The summed E-state index contributed by atoms with van der Waals surface area (Å²) in [5.74, 6) is 0. The van der Waals surface area contributed by atoms with E-state index < -0.39 is 0 Å². The normalized spacial score (nSPS) is 18.0. The first-order valence-electron chi connectivity index (χ1n) is 9.04. The fourth-order valence-electron chi connectivity index (χ4n) is 4.37. The van der Waals surface area contributed by atoms with Crippen LogP contribution >= 0.6 is 0 Å². The predicted octanol–water partition coefficient (Wildman–Crippen LogP) is 6.55. The third-order valence-corrected chi connectivity index (χ3v) is 5.30. The maximum atomic E-state index is 3.96. The molecule has 0 amide bonds. The van der Waals surface area contributed by atoms with Crippen LogP contribution in [0.5, 0.6) is 0 Å². The van der Waals surface area contributed by atoms with Crippen molar-refractivity contribution in [3.63, 3.8) is 0 Å². The smallest absolute Gasteiger partial charge is 0.0710 e. The average Bonchev–Trinajstić information content (AvgIpc) is 3.00. The van der Waals surface area contributed by atoms with Crippen molar-refractivity contribution in [2.75, 3.05) is 0 Å². The Morgan fingerprint density at radius 2 is 1.27 bits per heavy atom. The van der Waals surface area contributed by atoms with Gasteiger partial charge in [0, 0.05) is 0 Å². The molecule has 0 N–H and O–H groups in total. The van der Waals surface area contributed by atoms with E-state index in [0.29, 0.717) is 0 Å². The molecule has 0 aliphatic heterocycles. The second-order valence-corrected chi connectivity index (χ2v) is 6.55.